The Hall–Kier alpha value is -5.16. The largest absolute Gasteiger partial charge is 0.405 e. The van der Waals surface area contributed by atoms with E-state index in [0.717, 1.165) is 21.7 Å². The molecule has 0 saturated heterocycles. The number of primary amides is 1. The van der Waals surface area contributed by atoms with Gasteiger partial charge >= 0.3 is 6.01 Å². The number of hydrogen-bond acceptors (Lipinski definition) is 9. The SMILES string of the molecule is C=CC(=O)Nc1cc(C)ccc1-c1sc2c(C(N)=O)cnc(N)c2c1-c1ccc(Oc2nccc(C)n2)nc1. The minimum Gasteiger partial charge on any atom is -0.405 e. The molecule has 2 amide bonds. The molecule has 5 N–H and O–H groups in total. The third-order valence-corrected chi connectivity index (χ3v) is 7.12. The molecule has 5 rings (SSSR count). The zero-order valence-electron chi connectivity index (χ0n) is 21.1. The van der Waals surface area contributed by atoms with Gasteiger partial charge in [-0.2, -0.15) is 0 Å². The molecule has 0 radical (unpaired) electrons. The Balaban J connectivity index is 1.72. The molecule has 0 saturated carbocycles. The van der Waals surface area contributed by atoms with E-state index in [2.05, 4.69) is 31.8 Å². The zero-order chi connectivity index (χ0) is 27.7. The molecule has 4 aromatic heterocycles. The van der Waals surface area contributed by atoms with Crippen molar-refractivity contribution < 1.29 is 14.3 Å². The summed E-state index contributed by atoms with van der Waals surface area (Å²) in [7, 11) is 0. The first-order valence-electron chi connectivity index (χ1n) is 11.7. The number of nitrogen functional groups attached to an aromatic ring is 1. The molecular formula is C28H23N7O3S. The van der Waals surface area contributed by atoms with Crippen molar-refractivity contribution in [1.82, 2.24) is 19.9 Å². The maximum Gasteiger partial charge on any atom is 0.323 e. The van der Waals surface area contributed by atoms with E-state index in [4.69, 9.17) is 16.2 Å². The van der Waals surface area contributed by atoms with Crippen molar-refractivity contribution in [2.45, 2.75) is 13.8 Å². The number of carbonyl (C=O) groups excluding carboxylic acids is 2. The number of amides is 2. The summed E-state index contributed by atoms with van der Waals surface area (Å²) in [6.07, 6.45) is 5.80. The lowest BCUT2D eigenvalue weighted by atomic mass is 9.98. The summed E-state index contributed by atoms with van der Waals surface area (Å²) in [6.45, 7) is 7.31. The lowest BCUT2D eigenvalue weighted by Gasteiger charge is -2.13. The Morgan fingerprint density at radius 3 is 2.59 bits per heavy atom. The Labute approximate surface area is 227 Å². The number of nitrogens with zero attached hydrogens (tertiary/aromatic N) is 4. The molecule has 0 fully saturated rings. The van der Waals surface area contributed by atoms with Crippen LogP contribution in [0, 0.1) is 13.8 Å². The number of ether oxygens (including phenoxy) is 1. The molecule has 11 heteroatoms. The number of anilines is 2. The number of thiophene rings is 1. The molecule has 0 aliphatic heterocycles. The normalized spacial score (nSPS) is 10.8. The molecule has 0 aliphatic carbocycles. The molecule has 0 aliphatic rings. The quantitative estimate of drug-likeness (QED) is 0.244. The highest BCUT2D eigenvalue weighted by atomic mass is 32.1. The van der Waals surface area contributed by atoms with E-state index in [1.165, 1.54) is 23.6 Å². The summed E-state index contributed by atoms with van der Waals surface area (Å²) in [4.78, 5) is 42.3. The van der Waals surface area contributed by atoms with Crippen LogP contribution in [-0.4, -0.2) is 31.8 Å². The summed E-state index contributed by atoms with van der Waals surface area (Å²) in [5.41, 5.74) is 16.7. The van der Waals surface area contributed by atoms with E-state index in [1.54, 1.807) is 24.5 Å². The molecule has 194 valence electrons. The lowest BCUT2D eigenvalue weighted by molar-refractivity contribution is -0.111. The van der Waals surface area contributed by atoms with Crippen LogP contribution in [0.25, 0.3) is 31.7 Å². The number of aryl methyl sites for hydroxylation is 2. The predicted molar refractivity (Wildman–Crippen MR) is 152 cm³/mol. The zero-order valence-corrected chi connectivity index (χ0v) is 21.9. The van der Waals surface area contributed by atoms with Gasteiger partial charge in [-0.15, -0.1) is 11.3 Å². The fraction of sp³-hybridized carbons (Fsp3) is 0.0714. The molecule has 10 nitrogen and oxygen atoms in total. The fourth-order valence-electron chi connectivity index (χ4n) is 4.06. The summed E-state index contributed by atoms with van der Waals surface area (Å²) < 4.78 is 6.29. The van der Waals surface area contributed by atoms with Crippen LogP contribution in [-0.2, 0) is 4.79 Å². The number of aromatic nitrogens is 4. The third kappa shape index (κ3) is 5.03. The Morgan fingerprint density at radius 2 is 1.90 bits per heavy atom. The average molecular weight is 538 g/mol. The molecule has 5 aromatic rings. The van der Waals surface area contributed by atoms with Gasteiger partial charge in [0, 0.05) is 63.0 Å². The first kappa shape index (κ1) is 25.5. The fourth-order valence-corrected chi connectivity index (χ4v) is 5.45. The summed E-state index contributed by atoms with van der Waals surface area (Å²) in [5, 5.41) is 3.44. The second-order valence-electron chi connectivity index (χ2n) is 8.64. The molecule has 0 bridgehead atoms. The van der Waals surface area contributed by atoms with Gasteiger partial charge in [0.2, 0.25) is 11.8 Å². The van der Waals surface area contributed by atoms with Crippen molar-refractivity contribution in [1.29, 1.82) is 0 Å². The van der Waals surface area contributed by atoms with Crippen LogP contribution in [0.3, 0.4) is 0 Å². The Morgan fingerprint density at radius 1 is 1.08 bits per heavy atom. The highest BCUT2D eigenvalue weighted by Crippen LogP contribution is 2.49. The maximum atomic E-state index is 12.3. The third-order valence-electron chi connectivity index (χ3n) is 5.86. The Kier molecular flexibility index (Phi) is 6.73. The minimum absolute atomic E-state index is 0.179. The topological polar surface area (TPSA) is 159 Å². The summed E-state index contributed by atoms with van der Waals surface area (Å²) in [5.74, 6) is -0.463. The van der Waals surface area contributed by atoms with Gasteiger partial charge in [0.1, 0.15) is 5.82 Å². The van der Waals surface area contributed by atoms with Crippen molar-refractivity contribution in [3.63, 3.8) is 0 Å². The van der Waals surface area contributed by atoms with Crippen molar-refractivity contribution in [3.8, 4) is 33.5 Å². The van der Waals surface area contributed by atoms with Gasteiger partial charge in [0.25, 0.3) is 5.91 Å². The summed E-state index contributed by atoms with van der Waals surface area (Å²) >= 11 is 1.33. The van der Waals surface area contributed by atoms with E-state index in [9.17, 15) is 9.59 Å². The number of hydrogen-bond donors (Lipinski definition) is 3. The molecule has 0 atom stereocenters. The highest BCUT2D eigenvalue weighted by molar-refractivity contribution is 7.23. The molecular weight excluding hydrogens is 514 g/mol. The average Bonchev–Trinajstić information content (AvgIpc) is 3.30. The van der Waals surface area contributed by atoms with Crippen LogP contribution in [0.15, 0.2) is 67.6 Å². The molecule has 1 aromatic carbocycles. The maximum absolute atomic E-state index is 12.3. The van der Waals surface area contributed by atoms with E-state index in [1.807, 2.05) is 38.1 Å². The second kappa shape index (κ2) is 10.3. The van der Waals surface area contributed by atoms with Gasteiger partial charge in [0.05, 0.1) is 10.3 Å². The Bertz CT molecular complexity index is 1760. The van der Waals surface area contributed by atoms with Gasteiger partial charge in [-0.05, 0) is 43.7 Å². The minimum atomic E-state index is -0.629. The van der Waals surface area contributed by atoms with Crippen molar-refractivity contribution in [3.05, 3.63) is 84.5 Å². The number of benzene rings is 1. The second-order valence-corrected chi connectivity index (χ2v) is 9.66. The van der Waals surface area contributed by atoms with E-state index >= 15 is 0 Å². The van der Waals surface area contributed by atoms with Crippen LogP contribution in [0.5, 0.6) is 11.9 Å². The van der Waals surface area contributed by atoms with Gasteiger partial charge < -0.3 is 21.5 Å². The lowest BCUT2D eigenvalue weighted by Crippen LogP contribution is -2.11. The van der Waals surface area contributed by atoms with Gasteiger partial charge in [-0.3, -0.25) is 9.59 Å². The number of nitrogens with one attached hydrogen (secondary N) is 1. The number of nitrogens with two attached hydrogens (primary N) is 2. The highest BCUT2D eigenvalue weighted by Gasteiger charge is 2.24. The summed E-state index contributed by atoms with van der Waals surface area (Å²) in [6, 6.07) is 11.1. The van der Waals surface area contributed by atoms with Crippen molar-refractivity contribution in [2.75, 3.05) is 11.1 Å². The van der Waals surface area contributed by atoms with Crippen molar-refractivity contribution in [2.24, 2.45) is 5.73 Å². The number of carbonyl (C=O) groups is 2. The van der Waals surface area contributed by atoms with Crippen LogP contribution in [0.1, 0.15) is 21.6 Å². The monoisotopic (exact) mass is 537 g/mol. The molecule has 39 heavy (non-hydrogen) atoms. The van der Waals surface area contributed by atoms with Crippen LogP contribution in [0.2, 0.25) is 0 Å². The van der Waals surface area contributed by atoms with E-state index in [0.29, 0.717) is 32.8 Å². The standard InChI is InChI=1S/C28H23N7O3S/c1-4-20(36)35-19-11-14(2)5-7-17(19)24-22(23-25(39-24)18(27(30)37)13-33-26(23)29)16-6-8-21(32-12-16)38-28-31-10-9-15(3)34-28/h4-13H,1H2,2-3H3,(H2,29,33)(H2,30,37)(H,35,36). The van der Waals surface area contributed by atoms with Gasteiger partial charge in [-0.1, -0.05) is 18.7 Å². The smallest absolute Gasteiger partial charge is 0.323 e. The number of pyridine rings is 2. The van der Waals surface area contributed by atoms with Crippen LogP contribution < -0.4 is 21.5 Å². The van der Waals surface area contributed by atoms with Crippen LogP contribution in [0.4, 0.5) is 11.5 Å². The first-order valence-corrected chi connectivity index (χ1v) is 12.6. The first-order chi connectivity index (χ1) is 18.7. The van der Waals surface area contributed by atoms with E-state index < -0.39 is 5.91 Å². The van der Waals surface area contributed by atoms with Crippen molar-refractivity contribution >= 4 is 44.7 Å². The molecule has 0 unspecified atom stereocenters. The molecule has 4 heterocycles. The number of fused-ring (bicyclic) bond motifs is 1. The number of rotatable bonds is 7. The van der Waals surface area contributed by atoms with E-state index in [-0.39, 0.29) is 23.3 Å². The molecule has 0 spiro atoms. The predicted octanol–water partition coefficient (Wildman–Crippen LogP) is 5.03. The van der Waals surface area contributed by atoms with Gasteiger partial charge in [-0.25, -0.2) is 19.9 Å². The van der Waals surface area contributed by atoms with Crippen LogP contribution >= 0.6 is 11.3 Å². The van der Waals surface area contributed by atoms with Gasteiger partial charge in [0.15, 0.2) is 0 Å².